The van der Waals surface area contributed by atoms with Gasteiger partial charge in [-0.15, -0.1) is 0 Å². The second-order valence-electron chi connectivity index (χ2n) is 4.89. The number of anilines is 1. The molecule has 1 N–H and O–H groups in total. The average Bonchev–Trinajstić information content (AvgIpc) is 2.39. The summed E-state index contributed by atoms with van der Waals surface area (Å²) in [5, 5.41) is 4.71. The van der Waals surface area contributed by atoms with E-state index in [-0.39, 0.29) is 0 Å². The Hall–Kier alpha value is -0.480. The standard InChI is InChI=1S/C13H20ClN3S/c1-9(10-6-4-3-5-7-10)15-12-8-11(14)16-13(17-12)18-2/h8-10H,3-7H2,1-2H3,(H,15,16,17). The van der Waals surface area contributed by atoms with E-state index in [4.69, 9.17) is 11.6 Å². The summed E-state index contributed by atoms with van der Waals surface area (Å²) in [4.78, 5) is 8.59. The van der Waals surface area contributed by atoms with Gasteiger partial charge in [0.2, 0.25) is 0 Å². The molecule has 3 nitrogen and oxygen atoms in total. The third kappa shape index (κ3) is 3.75. The lowest BCUT2D eigenvalue weighted by Crippen LogP contribution is -2.28. The number of aromatic nitrogens is 2. The molecule has 1 atom stereocenters. The van der Waals surface area contributed by atoms with Gasteiger partial charge in [-0.05, 0) is 31.9 Å². The third-order valence-electron chi connectivity index (χ3n) is 3.59. The van der Waals surface area contributed by atoms with Gasteiger partial charge >= 0.3 is 0 Å². The van der Waals surface area contributed by atoms with Gasteiger partial charge in [-0.1, -0.05) is 42.6 Å². The van der Waals surface area contributed by atoms with Crippen LogP contribution in [-0.2, 0) is 0 Å². The highest BCUT2D eigenvalue weighted by atomic mass is 35.5. The van der Waals surface area contributed by atoms with Gasteiger partial charge in [0.1, 0.15) is 11.0 Å². The molecule has 2 rings (SSSR count). The van der Waals surface area contributed by atoms with E-state index >= 15 is 0 Å². The molecule has 5 heteroatoms. The number of rotatable bonds is 4. The summed E-state index contributed by atoms with van der Waals surface area (Å²) >= 11 is 7.51. The Morgan fingerprint density at radius 2 is 2.06 bits per heavy atom. The van der Waals surface area contributed by atoms with Crippen LogP contribution in [0.4, 0.5) is 5.82 Å². The van der Waals surface area contributed by atoms with Crippen LogP contribution in [0.5, 0.6) is 0 Å². The second kappa shape index (κ2) is 6.62. The highest BCUT2D eigenvalue weighted by molar-refractivity contribution is 7.98. The van der Waals surface area contributed by atoms with E-state index in [1.54, 1.807) is 6.07 Å². The molecule has 0 saturated heterocycles. The molecule has 18 heavy (non-hydrogen) atoms. The summed E-state index contributed by atoms with van der Waals surface area (Å²) < 4.78 is 0. The minimum absolute atomic E-state index is 0.450. The van der Waals surface area contributed by atoms with Gasteiger partial charge in [0.15, 0.2) is 5.16 Å². The summed E-state index contributed by atoms with van der Waals surface area (Å²) in [5.41, 5.74) is 0. The van der Waals surface area contributed by atoms with Crippen molar-refractivity contribution in [3.8, 4) is 0 Å². The summed E-state index contributed by atoms with van der Waals surface area (Å²) in [5.74, 6) is 1.60. The van der Waals surface area contributed by atoms with Gasteiger partial charge in [-0.2, -0.15) is 0 Å². The molecule has 1 fully saturated rings. The third-order valence-corrected chi connectivity index (χ3v) is 4.33. The first kappa shape index (κ1) is 13.9. The van der Waals surface area contributed by atoms with E-state index in [0.717, 1.165) is 16.9 Å². The van der Waals surface area contributed by atoms with Crippen molar-refractivity contribution in [2.45, 2.75) is 50.2 Å². The number of hydrogen-bond acceptors (Lipinski definition) is 4. The van der Waals surface area contributed by atoms with Crippen molar-refractivity contribution < 1.29 is 0 Å². The molecule has 0 radical (unpaired) electrons. The van der Waals surface area contributed by atoms with Crippen LogP contribution in [0.2, 0.25) is 5.15 Å². The molecule has 1 heterocycles. The smallest absolute Gasteiger partial charge is 0.190 e. The Bertz CT molecular complexity index is 394. The molecule has 0 aromatic carbocycles. The van der Waals surface area contributed by atoms with Gasteiger partial charge in [-0.3, -0.25) is 0 Å². The Morgan fingerprint density at radius 1 is 1.33 bits per heavy atom. The molecule has 100 valence electrons. The highest BCUT2D eigenvalue weighted by Gasteiger charge is 2.20. The first-order valence-corrected chi connectivity index (χ1v) is 8.14. The predicted octanol–water partition coefficient (Wildman–Crippen LogP) is 4.23. The quantitative estimate of drug-likeness (QED) is 0.510. The molecular weight excluding hydrogens is 266 g/mol. The monoisotopic (exact) mass is 285 g/mol. The van der Waals surface area contributed by atoms with Crippen molar-refractivity contribution in [1.29, 1.82) is 0 Å². The molecule has 0 bridgehead atoms. The van der Waals surface area contributed by atoms with Crippen LogP contribution in [0.15, 0.2) is 11.2 Å². The Morgan fingerprint density at radius 3 is 2.72 bits per heavy atom. The Labute approximate surface area is 118 Å². The fourth-order valence-corrected chi connectivity index (χ4v) is 3.16. The number of thioether (sulfide) groups is 1. The molecule has 1 aliphatic carbocycles. The molecule has 1 unspecified atom stereocenters. The fraction of sp³-hybridized carbons (Fsp3) is 0.692. The number of hydrogen-bond donors (Lipinski definition) is 1. The van der Waals surface area contributed by atoms with Crippen molar-refractivity contribution in [3.05, 3.63) is 11.2 Å². The zero-order valence-electron chi connectivity index (χ0n) is 10.9. The number of nitrogens with zero attached hydrogens (tertiary/aromatic N) is 2. The van der Waals surface area contributed by atoms with E-state index < -0.39 is 0 Å². The van der Waals surface area contributed by atoms with Crippen LogP contribution in [0.3, 0.4) is 0 Å². The Balaban J connectivity index is 2.01. The topological polar surface area (TPSA) is 37.8 Å². The predicted molar refractivity (Wildman–Crippen MR) is 78.5 cm³/mol. The summed E-state index contributed by atoms with van der Waals surface area (Å²) in [7, 11) is 0. The molecule has 1 saturated carbocycles. The second-order valence-corrected chi connectivity index (χ2v) is 6.05. The van der Waals surface area contributed by atoms with Crippen LogP contribution in [0, 0.1) is 5.92 Å². The molecule has 0 spiro atoms. The van der Waals surface area contributed by atoms with Crippen molar-refractivity contribution >= 4 is 29.2 Å². The largest absolute Gasteiger partial charge is 0.367 e. The van der Waals surface area contributed by atoms with Crippen molar-refractivity contribution in [2.24, 2.45) is 5.92 Å². The van der Waals surface area contributed by atoms with E-state index in [1.807, 2.05) is 6.26 Å². The summed E-state index contributed by atoms with van der Waals surface area (Å²) in [6, 6.07) is 2.26. The van der Waals surface area contributed by atoms with Gasteiger partial charge in [0.05, 0.1) is 0 Å². The van der Waals surface area contributed by atoms with E-state index in [9.17, 15) is 0 Å². The molecular formula is C13H20ClN3S. The van der Waals surface area contributed by atoms with E-state index in [1.165, 1.54) is 43.9 Å². The van der Waals surface area contributed by atoms with Gasteiger partial charge in [-0.25, -0.2) is 9.97 Å². The van der Waals surface area contributed by atoms with Gasteiger partial charge in [0.25, 0.3) is 0 Å². The van der Waals surface area contributed by atoms with Crippen molar-refractivity contribution in [3.63, 3.8) is 0 Å². The van der Waals surface area contributed by atoms with Crippen LogP contribution in [0.25, 0.3) is 0 Å². The Kier molecular flexibility index (Phi) is 5.13. The highest BCUT2D eigenvalue weighted by Crippen LogP contribution is 2.28. The maximum atomic E-state index is 5.99. The van der Waals surface area contributed by atoms with Crippen LogP contribution >= 0.6 is 23.4 Å². The first-order chi connectivity index (χ1) is 8.69. The maximum absolute atomic E-state index is 5.99. The lowest BCUT2D eigenvalue weighted by atomic mass is 9.84. The average molecular weight is 286 g/mol. The maximum Gasteiger partial charge on any atom is 0.190 e. The van der Waals surface area contributed by atoms with Crippen LogP contribution < -0.4 is 5.32 Å². The van der Waals surface area contributed by atoms with Gasteiger partial charge < -0.3 is 5.32 Å². The zero-order chi connectivity index (χ0) is 13.0. The molecule has 0 aliphatic heterocycles. The first-order valence-electron chi connectivity index (χ1n) is 6.54. The SMILES string of the molecule is CSc1nc(Cl)cc(NC(C)C2CCCCC2)n1. The van der Waals surface area contributed by atoms with E-state index in [2.05, 4.69) is 22.2 Å². The minimum Gasteiger partial charge on any atom is -0.367 e. The minimum atomic E-state index is 0.450. The zero-order valence-corrected chi connectivity index (χ0v) is 12.5. The number of halogens is 1. The van der Waals surface area contributed by atoms with Crippen LogP contribution in [0.1, 0.15) is 39.0 Å². The lowest BCUT2D eigenvalue weighted by Gasteiger charge is -2.28. The molecule has 1 aliphatic rings. The molecule has 0 amide bonds. The van der Waals surface area contributed by atoms with Gasteiger partial charge in [0, 0.05) is 12.1 Å². The van der Waals surface area contributed by atoms with Crippen molar-refractivity contribution in [1.82, 2.24) is 9.97 Å². The van der Waals surface area contributed by atoms with Crippen molar-refractivity contribution in [2.75, 3.05) is 11.6 Å². The molecule has 1 aromatic heterocycles. The lowest BCUT2D eigenvalue weighted by molar-refractivity contribution is 0.328. The normalized spacial score (nSPS) is 18.6. The van der Waals surface area contributed by atoms with E-state index in [0.29, 0.717) is 11.2 Å². The summed E-state index contributed by atoms with van der Waals surface area (Å²) in [6.45, 7) is 2.24. The number of nitrogens with one attached hydrogen (secondary N) is 1. The van der Waals surface area contributed by atoms with Crippen LogP contribution in [-0.4, -0.2) is 22.3 Å². The fourth-order valence-electron chi connectivity index (χ4n) is 2.55. The summed E-state index contributed by atoms with van der Waals surface area (Å²) in [6.07, 6.45) is 8.71. The molecule has 1 aromatic rings.